The summed E-state index contributed by atoms with van der Waals surface area (Å²) in [4.78, 5) is 39.3. The van der Waals surface area contributed by atoms with Crippen molar-refractivity contribution in [2.24, 2.45) is 0 Å². The highest BCUT2D eigenvalue weighted by molar-refractivity contribution is 7.60. The highest BCUT2D eigenvalue weighted by Crippen LogP contribution is 2.39. The van der Waals surface area contributed by atoms with Crippen LogP contribution in [0, 0.1) is 0 Å². The monoisotopic (exact) mass is 578 g/mol. The van der Waals surface area contributed by atoms with Gasteiger partial charge in [0.2, 0.25) is 11.4 Å². The molecule has 2 aromatic carbocycles. The van der Waals surface area contributed by atoms with Gasteiger partial charge < -0.3 is 19.6 Å². The average molecular weight is 579 g/mol. The highest BCUT2D eigenvalue weighted by Gasteiger charge is 2.30. The maximum Gasteiger partial charge on any atom is 0.356 e. The predicted molar refractivity (Wildman–Crippen MR) is 152 cm³/mol. The Morgan fingerprint density at radius 1 is 0.475 bits per heavy atom. The molecule has 0 atom stereocenters. The summed E-state index contributed by atoms with van der Waals surface area (Å²) in [6.45, 7) is 0. The van der Waals surface area contributed by atoms with Crippen molar-refractivity contribution in [1.29, 1.82) is 0 Å². The first kappa shape index (κ1) is 27.2. The Morgan fingerprint density at radius 2 is 0.800 bits per heavy atom. The molecule has 8 nitrogen and oxygen atoms in total. The molecular weight excluding hydrogens is 546 g/mol. The number of nitrogens with zero attached hydrogens (tertiary/aromatic N) is 2. The van der Waals surface area contributed by atoms with E-state index in [4.69, 9.17) is 0 Å². The number of benzene rings is 2. The van der Waals surface area contributed by atoms with Gasteiger partial charge in [0.1, 0.15) is 0 Å². The van der Waals surface area contributed by atoms with Crippen molar-refractivity contribution >= 4 is 25.8 Å². The average Bonchev–Trinajstić information content (AvgIpc) is 2.95. The Labute approximate surface area is 232 Å². The minimum atomic E-state index is -4.33. The van der Waals surface area contributed by atoms with Crippen molar-refractivity contribution in [3.63, 3.8) is 0 Å². The third-order valence-corrected chi connectivity index (χ3v) is 10.2. The first-order valence-electron chi connectivity index (χ1n) is 13.6. The van der Waals surface area contributed by atoms with Crippen LogP contribution in [-0.2, 0) is 34.8 Å². The summed E-state index contributed by atoms with van der Waals surface area (Å²) in [6.07, 6.45) is 14.7. The molecule has 4 aromatic rings. The minimum absolute atomic E-state index is 0.151. The second kappa shape index (κ2) is 10.5. The van der Waals surface area contributed by atoms with Crippen LogP contribution in [0.15, 0.2) is 73.3 Å². The van der Waals surface area contributed by atoms with Gasteiger partial charge in [0.25, 0.3) is 0 Å². The molecule has 2 aliphatic rings. The zero-order valence-electron chi connectivity index (χ0n) is 22.0. The largest absolute Gasteiger partial charge is 0.356 e. The van der Waals surface area contributed by atoms with Crippen LogP contribution in [0.3, 0.4) is 0 Å². The molecule has 0 unspecified atom stereocenters. The molecule has 10 heteroatoms. The first-order chi connectivity index (χ1) is 19.1. The summed E-state index contributed by atoms with van der Waals surface area (Å²) < 4.78 is 28.1. The normalized spacial score (nSPS) is 15.4. The van der Waals surface area contributed by atoms with Crippen molar-refractivity contribution in [3.8, 4) is 22.5 Å². The Bertz CT molecular complexity index is 1560. The summed E-state index contributed by atoms with van der Waals surface area (Å²) in [7, 11) is -8.65. The van der Waals surface area contributed by atoms with E-state index in [1.807, 2.05) is 70.3 Å². The number of fused-ring (bicyclic) bond motifs is 2. The van der Waals surface area contributed by atoms with Gasteiger partial charge in [0.05, 0.1) is 10.6 Å². The van der Waals surface area contributed by atoms with Gasteiger partial charge in [-0.3, -0.25) is 9.13 Å². The molecule has 206 valence electrons. The molecule has 2 aromatic heterocycles. The maximum atomic E-state index is 12.0. The molecule has 2 heterocycles. The number of pyridine rings is 2. The third kappa shape index (κ3) is 5.12. The Kier molecular flexibility index (Phi) is 7.12. The molecule has 0 amide bonds. The summed E-state index contributed by atoms with van der Waals surface area (Å²) in [5.41, 5.74) is 7.57. The van der Waals surface area contributed by atoms with Crippen molar-refractivity contribution in [3.05, 3.63) is 95.6 Å². The second-order valence-electron chi connectivity index (χ2n) is 10.6. The van der Waals surface area contributed by atoms with Crippen LogP contribution in [0.1, 0.15) is 47.9 Å². The van der Waals surface area contributed by atoms with E-state index in [0.29, 0.717) is 12.8 Å². The molecule has 0 spiro atoms. The summed E-state index contributed by atoms with van der Waals surface area (Å²) in [6, 6.07) is 14.9. The SMILES string of the molecule is O=P(O)(O)c1ccc(-[n+]2ccc(-c3cc[n+](-c4ccc(P(=O)(O)O)c5c4CCCC5)cc3)cc2)c2c1CCCC2. The summed E-state index contributed by atoms with van der Waals surface area (Å²) in [5, 5.41) is 0.303. The van der Waals surface area contributed by atoms with Crippen LogP contribution < -0.4 is 19.7 Å². The lowest BCUT2D eigenvalue weighted by Gasteiger charge is -2.20. The minimum Gasteiger partial charge on any atom is -0.321 e. The van der Waals surface area contributed by atoms with Gasteiger partial charge in [-0.1, -0.05) is 0 Å². The van der Waals surface area contributed by atoms with Crippen LogP contribution in [0.5, 0.6) is 0 Å². The molecule has 0 bridgehead atoms. The van der Waals surface area contributed by atoms with Crippen molar-refractivity contribution in [2.45, 2.75) is 51.4 Å². The van der Waals surface area contributed by atoms with E-state index in [1.165, 1.54) is 0 Å². The Balaban J connectivity index is 1.30. The van der Waals surface area contributed by atoms with Crippen molar-refractivity contribution < 1.29 is 37.8 Å². The van der Waals surface area contributed by atoms with E-state index in [1.54, 1.807) is 12.1 Å². The first-order valence-corrected chi connectivity index (χ1v) is 16.8. The Morgan fingerprint density at radius 3 is 1.12 bits per heavy atom. The number of hydrogen-bond donors (Lipinski definition) is 4. The zero-order chi connectivity index (χ0) is 28.1. The molecule has 40 heavy (non-hydrogen) atoms. The lowest BCUT2D eigenvalue weighted by Crippen LogP contribution is -2.34. The van der Waals surface area contributed by atoms with E-state index >= 15 is 0 Å². The molecule has 0 saturated carbocycles. The van der Waals surface area contributed by atoms with Crippen LogP contribution in [0.2, 0.25) is 0 Å². The van der Waals surface area contributed by atoms with Gasteiger partial charge in [0.15, 0.2) is 24.8 Å². The van der Waals surface area contributed by atoms with Gasteiger partial charge in [-0.05, 0) is 85.8 Å². The maximum absolute atomic E-state index is 12.0. The topological polar surface area (TPSA) is 123 Å². The quantitative estimate of drug-likeness (QED) is 0.213. The molecule has 4 N–H and O–H groups in total. The fourth-order valence-electron chi connectivity index (χ4n) is 6.25. The number of hydrogen-bond acceptors (Lipinski definition) is 2. The van der Waals surface area contributed by atoms with Crippen molar-refractivity contribution in [1.82, 2.24) is 0 Å². The molecule has 0 radical (unpaired) electrons. The molecule has 0 saturated heterocycles. The van der Waals surface area contributed by atoms with Gasteiger partial charge in [-0.15, -0.1) is 0 Å². The second-order valence-corrected chi connectivity index (χ2v) is 13.8. The molecule has 2 aliphatic carbocycles. The van der Waals surface area contributed by atoms with Crippen molar-refractivity contribution in [2.75, 3.05) is 0 Å². The number of rotatable bonds is 5. The van der Waals surface area contributed by atoms with E-state index in [2.05, 4.69) is 0 Å². The number of aromatic nitrogens is 2. The van der Waals surface area contributed by atoms with E-state index in [9.17, 15) is 28.7 Å². The van der Waals surface area contributed by atoms with Crippen LogP contribution in [-0.4, -0.2) is 19.6 Å². The van der Waals surface area contributed by atoms with Gasteiger partial charge in [0, 0.05) is 47.5 Å². The van der Waals surface area contributed by atoms with Gasteiger partial charge >= 0.3 is 15.2 Å². The smallest absolute Gasteiger partial charge is 0.321 e. The lowest BCUT2D eigenvalue weighted by molar-refractivity contribution is -0.596. The zero-order valence-corrected chi connectivity index (χ0v) is 23.8. The fraction of sp³-hybridized carbons (Fsp3) is 0.267. The Hall–Kier alpha value is -2.96. The van der Waals surface area contributed by atoms with E-state index in [-0.39, 0.29) is 10.6 Å². The highest BCUT2D eigenvalue weighted by atomic mass is 31.2. The van der Waals surface area contributed by atoms with E-state index in [0.717, 1.165) is 83.3 Å². The van der Waals surface area contributed by atoms with Gasteiger partial charge in [-0.25, -0.2) is 0 Å². The van der Waals surface area contributed by atoms with Gasteiger partial charge in [-0.2, -0.15) is 9.13 Å². The molecule has 0 aliphatic heterocycles. The molecule has 0 fully saturated rings. The molecule has 6 rings (SSSR count). The van der Waals surface area contributed by atoms with E-state index < -0.39 is 15.2 Å². The third-order valence-electron chi connectivity index (χ3n) is 8.15. The van der Waals surface area contributed by atoms with Crippen LogP contribution >= 0.6 is 15.2 Å². The summed E-state index contributed by atoms with van der Waals surface area (Å²) in [5.74, 6) is 0. The fourth-order valence-corrected chi connectivity index (χ4v) is 7.98. The predicted octanol–water partition coefficient (Wildman–Crippen LogP) is 3.27. The lowest BCUT2D eigenvalue weighted by atomic mass is 9.90. The van der Waals surface area contributed by atoms with Crippen LogP contribution in [0.4, 0.5) is 0 Å². The standard InChI is InChI=1S/C30H30N2O6P2/c33-39(34,35)29-11-9-27(23-5-1-3-7-25(23)29)31-17-13-21(14-18-31)22-15-19-32(20-16-22)28-10-12-30(40(36,37)38)26-8-4-2-6-24(26)28/h9-20H,1-8H2,(H2-2,33,34,35,36,37,38)/p+2. The molecular formula is C30H32N2O6P2+2. The van der Waals surface area contributed by atoms with Crippen LogP contribution in [0.25, 0.3) is 22.5 Å². The summed E-state index contributed by atoms with van der Waals surface area (Å²) >= 11 is 0.